The normalized spacial score (nSPS) is 11.1. The van der Waals surface area contributed by atoms with Gasteiger partial charge in [0.05, 0.1) is 34.0 Å². The molecule has 4 rings (SSSR count). The molecular weight excluding hydrogens is 554 g/mol. The molecule has 0 saturated carbocycles. The molecule has 2 N–H and O–H groups in total. The molecule has 236 valence electrons. The highest BCUT2D eigenvalue weighted by molar-refractivity contribution is 6.15. The van der Waals surface area contributed by atoms with E-state index in [1.165, 1.54) is 51.4 Å². The van der Waals surface area contributed by atoms with Gasteiger partial charge in [-0.2, -0.15) is 0 Å². The summed E-state index contributed by atoms with van der Waals surface area (Å²) in [6.07, 6.45) is 13.0. The number of furan rings is 1. The number of amides is 1. The van der Waals surface area contributed by atoms with E-state index in [1.54, 1.807) is 28.4 Å². The van der Waals surface area contributed by atoms with Crippen LogP contribution in [-0.4, -0.2) is 34.3 Å². The third-order valence-electron chi connectivity index (χ3n) is 8.29. The maximum Gasteiger partial charge on any atom is 0.249 e. The molecule has 1 heterocycles. The van der Waals surface area contributed by atoms with Crippen molar-refractivity contribution in [3.8, 4) is 45.4 Å². The second-order valence-electron chi connectivity index (χ2n) is 11.2. The average molecular weight is 602 g/mol. The van der Waals surface area contributed by atoms with E-state index < -0.39 is 5.91 Å². The van der Waals surface area contributed by atoms with Gasteiger partial charge in [0.15, 0.2) is 0 Å². The number of carbonyl (C=O) groups is 1. The van der Waals surface area contributed by atoms with E-state index in [0.29, 0.717) is 46.0 Å². The Morgan fingerprint density at radius 3 is 1.77 bits per heavy atom. The maximum absolute atomic E-state index is 13.3. The molecule has 7 nitrogen and oxygen atoms in total. The number of unbranched alkanes of at least 4 members (excludes halogenated alkanes) is 9. The molecular formula is C37H47NO6. The van der Waals surface area contributed by atoms with Crippen LogP contribution in [-0.2, 0) is 6.42 Å². The number of hydrogen-bond donors (Lipinski definition) is 1. The van der Waals surface area contributed by atoms with Crippen molar-refractivity contribution < 1.29 is 28.2 Å². The van der Waals surface area contributed by atoms with Crippen LogP contribution in [0, 0.1) is 0 Å². The van der Waals surface area contributed by atoms with E-state index >= 15 is 0 Å². The van der Waals surface area contributed by atoms with Crippen molar-refractivity contribution in [1.82, 2.24) is 0 Å². The topological polar surface area (TPSA) is 93.2 Å². The van der Waals surface area contributed by atoms with Crippen LogP contribution in [0.15, 0.2) is 52.9 Å². The van der Waals surface area contributed by atoms with E-state index in [0.717, 1.165) is 40.8 Å². The lowest BCUT2D eigenvalue weighted by Crippen LogP contribution is -2.15. The summed E-state index contributed by atoms with van der Waals surface area (Å²) >= 11 is 0. The molecule has 0 spiro atoms. The van der Waals surface area contributed by atoms with E-state index in [1.807, 2.05) is 48.5 Å². The van der Waals surface area contributed by atoms with Crippen molar-refractivity contribution in [2.75, 3.05) is 28.4 Å². The molecule has 0 aliphatic heterocycles. The number of primary amides is 1. The van der Waals surface area contributed by atoms with Crippen LogP contribution in [0.5, 0.6) is 23.0 Å². The first-order valence-electron chi connectivity index (χ1n) is 15.8. The Morgan fingerprint density at radius 2 is 1.25 bits per heavy atom. The molecule has 0 bridgehead atoms. The van der Waals surface area contributed by atoms with Crippen LogP contribution < -0.4 is 24.7 Å². The van der Waals surface area contributed by atoms with Crippen molar-refractivity contribution >= 4 is 16.9 Å². The molecule has 0 atom stereocenters. The van der Waals surface area contributed by atoms with Gasteiger partial charge >= 0.3 is 0 Å². The highest BCUT2D eigenvalue weighted by Gasteiger charge is 2.27. The average Bonchev–Trinajstić information content (AvgIpc) is 3.43. The van der Waals surface area contributed by atoms with Crippen LogP contribution >= 0.6 is 0 Å². The molecule has 0 fully saturated rings. The summed E-state index contributed by atoms with van der Waals surface area (Å²) < 4.78 is 29.0. The second kappa shape index (κ2) is 16.1. The van der Waals surface area contributed by atoms with Crippen molar-refractivity contribution in [2.45, 2.75) is 77.6 Å². The Hall–Kier alpha value is -4.13. The van der Waals surface area contributed by atoms with Gasteiger partial charge in [-0.1, -0.05) is 64.7 Å². The van der Waals surface area contributed by atoms with Gasteiger partial charge in [0, 0.05) is 34.2 Å². The van der Waals surface area contributed by atoms with Crippen molar-refractivity contribution in [2.24, 2.45) is 5.73 Å². The first kappa shape index (κ1) is 32.8. The van der Waals surface area contributed by atoms with Crippen LogP contribution in [0.1, 0.15) is 87.1 Å². The number of carbonyl (C=O) groups excluding carboxylic acids is 1. The highest BCUT2D eigenvalue weighted by Crippen LogP contribution is 2.47. The second-order valence-corrected chi connectivity index (χ2v) is 11.2. The zero-order valence-corrected chi connectivity index (χ0v) is 26.9. The third-order valence-corrected chi connectivity index (χ3v) is 8.29. The summed E-state index contributed by atoms with van der Waals surface area (Å²) in [7, 11) is 6.47. The highest BCUT2D eigenvalue weighted by atomic mass is 16.5. The smallest absolute Gasteiger partial charge is 0.249 e. The fraction of sp³-hybridized carbons (Fsp3) is 0.432. The van der Waals surface area contributed by atoms with Crippen molar-refractivity contribution in [3.63, 3.8) is 0 Å². The number of fused-ring (bicyclic) bond motifs is 1. The lowest BCUT2D eigenvalue weighted by Gasteiger charge is -2.15. The first-order chi connectivity index (χ1) is 21.4. The van der Waals surface area contributed by atoms with Gasteiger partial charge in [-0.15, -0.1) is 0 Å². The minimum absolute atomic E-state index is 0.426. The Morgan fingerprint density at radius 1 is 0.682 bits per heavy atom. The van der Waals surface area contributed by atoms with Crippen LogP contribution in [0.4, 0.5) is 0 Å². The fourth-order valence-electron chi connectivity index (χ4n) is 5.94. The SMILES string of the molecule is CCCCCCCCCCCCc1c(OC)cc2oc(-c3ccc(OC)cc3)c(-c3cc(OC)cc(OC)c3)c2c1C(N)=O. The van der Waals surface area contributed by atoms with Gasteiger partial charge < -0.3 is 29.1 Å². The fourth-order valence-corrected chi connectivity index (χ4v) is 5.94. The molecule has 3 aromatic carbocycles. The van der Waals surface area contributed by atoms with E-state index in [-0.39, 0.29) is 0 Å². The predicted molar refractivity (Wildman–Crippen MR) is 177 cm³/mol. The van der Waals surface area contributed by atoms with Crippen LogP contribution in [0.2, 0.25) is 0 Å². The Balaban J connectivity index is 1.77. The number of nitrogens with two attached hydrogens (primary N) is 1. The summed E-state index contributed by atoms with van der Waals surface area (Å²) in [5, 5.41) is 0.654. The largest absolute Gasteiger partial charge is 0.497 e. The lowest BCUT2D eigenvalue weighted by molar-refractivity contribution is 0.100. The lowest BCUT2D eigenvalue weighted by atomic mass is 9.90. The maximum atomic E-state index is 13.3. The number of benzene rings is 3. The first-order valence-corrected chi connectivity index (χ1v) is 15.8. The Kier molecular flexibility index (Phi) is 12.0. The molecule has 1 aromatic heterocycles. The molecule has 0 unspecified atom stereocenters. The van der Waals surface area contributed by atoms with Crippen LogP contribution in [0.25, 0.3) is 33.4 Å². The molecule has 0 aliphatic carbocycles. The summed E-state index contributed by atoms with van der Waals surface area (Å²) in [5.41, 5.74) is 10.3. The molecule has 1 amide bonds. The van der Waals surface area contributed by atoms with Gasteiger partial charge in [-0.05, 0) is 54.8 Å². The quantitative estimate of drug-likeness (QED) is 0.114. The standard InChI is InChI=1S/C37H47NO6/c1-6-7-8-9-10-11-12-13-14-15-16-30-31(43-5)24-32-35(34(30)37(38)39)33(26-21-28(41-3)23-29(22-26)42-4)36(44-32)25-17-19-27(40-2)20-18-25/h17-24H,6-16H2,1-5H3,(H2,38,39). The van der Waals surface area contributed by atoms with Crippen molar-refractivity contribution in [3.05, 3.63) is 59.7 Å². The summed E-state index contributed by atoms with van der Waals surface area (Å²) in [4.78, 5) is 13.3. The Labute approximate surface area is 261 Å². The predicted octanol–water partition coefficient (Wildman–Crippen LogP) is 9.36. The van der Waals surface area contributed by atoms with Gasteiger partial charge in [0.1, 0.15) is 34.3 Å². The summed E-state index contributed by atoms with van der Waals surface area (Å²) in [6.45, 7) is 2.25. The number of hydrogen-bond acceptors (Lipinski definition) is 6. The van der Waals surface area contributed by atoms with E-state index in [9.17, 15) is 4.79 Å². The monoisotopic (exact) mass is 601 g/mol. The zero-order chi connectivity index (χ0) is 31.5. The molecule has 0 saturated heterocycles. The number of ether oxygens (including phenoxy) is 4. The minimum Gasteiger partial charge on any atom is -0.497 e. The number of methoxy groups -OCH3 is 4. The molecule has 4 aromatic rings. The summed E-state index contributed by atoms with van der Waals surface area (Å²) in [5.74, 6) is 2.65. The van der Waals surface area contributed by atoms with Gasteiger partial charge in [-0.3, -0.25) is 4.79 Å². The van der Waals surface area contributed by atoms with Gasteiger partial charge in [0.25, 0.3) is 0 Å². The Bertz CT molecular complexity index is 1500. The third kappa shape index (κ3) is 7.68. The van der Waals surface area contributed by atoms with Crippen molar-refractivity contribution in [1.29, 1.82) is 0 Å². The molecule has 7 heteroatoms. The van der Waals surface area contributed by atoms with Crippen LogP contribution in [0.3, 0.4) is 0 Å². The zero-order valence-electron chi connectivity index (χ0n) is 26.9. The van der Waals surface area contributed by atoms with Gasteiger partial charge in [-0.25, -0.2) is 0 Å². The summed E-state index contributed by atoms with van der Waals surface area (Å²) in [6, 6.07) is 15.1. The molecule has 0 radical (unpaired) electrons. The van der Waals surface area contributed by atoms with E-state index in [4.69, 9.17) is 29.1 Å². The molecule has 44 heavy (non-hydrogen) atoms. The van der Waals surface area contributed by atoms with Gasteiger partial charge in [0.2, 0.25) is 5.91 Å². The van der Waals surface area contributed by atoms with E-state index in [2.05, 4.69) is 6.92 Å². The number of rotatable bonds is 18. The minimum atomic E-state index is -0.519. The molecule has 0 aliphatic rings.